The van der Waals surface area contributed by atoms with Crippen LogP contribution in [0.2, 0.25) is 0 Å². The van der Waals surface area contributed by atoms with Crippen molar-refractivity contribution < 1.29 is 5.21 Å². The summed E-state index contributed by atoms with van der Waals surface area (Å²) in [5.74, 6) is 0. The molecule has 0 saturated carbocycles. The molecule has 0 aliphatic carbocycles. The van der Waals surface area contributed by atoms with E-state index in [4.69, 9.17) is 0 Å². The van der Waals surface area contributed by atoms with Gasteiger partial charge in [0.2, 0.25) is 0 Å². The van der Waals surface area contributed by atoms with E-state index in [0.29, 0.717) is 10.5 Å². The highest BCUT2D eigenvalue weighted by molar-refractivity contribution is 5.95. The van der Waals surface area contributed by atoms with Crippen LogP contribution in [-0.4, -0.2) is 20.4 Å². The first kappa shape index (κ1) is 16.5. The van der Waals surface area contributed by atoms with Gasteiger partial charge in [-0.05, 0) is 38.5 Å². The van der Waals surface area contributed by atoms with Gasteiger partial charge in [0.15, 0.2) is 0 Å². The fourth-order valence-electron chi connectivity index (χ4n) is 3.30. The number of hydrogen-bond donors (Lipinski definition) is 1. The Kier molecular flexibility index (Phi) is 3.67. The summed E-state index contributed by atoms with van der Waals surface area (Å²) in [6.45, 7) is 13.3. The second-order valence-corrected chi connectivity index (χ2v) is 8.38. The van der Waals surface area contributed by atoms with Crippen molar-refractivity contribution in [2.24, 2.45) is 0 Å². The molecule has 1 N–H and O–H groups in total. The van der Waals surface area contributed by atoms with Gasteiger partial charge in [-0.1, -0.05) is 71.9 Å². The second kappa shape index (κ2) is 5.33. The van der Waals surface area contributed by atoms with E-state index < -0.39 is 0 Å². The zero-order valence-electron chi connectivity index (χ0n) is 15.3. The number of hydrogen-bond acceptors (Lipinski definition) is 3. The highest BCUT2D eigenvalue weighted by atomic mass is 16.5. The minimum Gasteiger partial charge on any atom is -0.396 e. The summed E-state index contributed by atoms with van der Waals surface area (Å²) in [7, 11) is 0. The van der Waals surface area contributed by atoms with Gasteiger partial charge in [-0.15, -0.1) is 10.2 Å². The maximum absolute atomic E-state index is 9.81. The van der Waals surface area contributed by atoms with Crippen molar-refractivity contribution in [3.8, 4) is 11.1 Å². The summed E-state index contributed by atoms with van der Waals surface area (Å²) in [6, 6.07) is 12.3. The van der Waals surface area contributed by atoms with Crippen molar-refractivity contribution in [1.29, 1.82) is 0 Å². The molecule has 4 heteroatoms. The molecule has 0 aliphatic rings. The van der Waals surface area contributed by atoms with E-state index in [2.05, 4.69) is 69.9 Å². The maximum Gasteiger partial charge on any atom is 0.125 e. The molecule has 0 aliphatic heterocycles. The second-order valence-electron chi connectivity index (χ2n) is 8.38. The Morgan fingerprint density at radius 2 is 1.50 bits per heavy atom. The standard InChI is InChI=1S/C20H25N3O/c1-19(2,3)14-12-15-18(22-23(24)21-15)16(17(14)20(4,5)6)13-10-8-7-9-11-13/h7-12,24H,1-6H3. The maximum atomic E-state index is 9.81. The third-order valence-electron chi connectivity index (χ3n) is 4.29. The number of aromatic nitrogens is 3. The number of fused-ring (bicyclic) bond motifs is 1. The summed E-state index contributed by atoms with van der Waals surface area (Å²) < 4.78 is 0. The summed E-state index contributed by atoms with van der Waals surface area (Å²) >= 11 is 0. The van der Waals surface area contributed by atoms with Gasteiger partial charge in [0, 0.05) is 5.56 Å². The average Bonchev–Trinajstić information content (AvgIpc) is 2.84. The monoisotopic (exact) mass is 323 g/mol. The number of nitrogens with zero attached hydrogens (tertiary/aromatic N) is 3. The van der Waals surface area contributed by atoms with Crippen LogP contribution in [0.1, 0.15) is 52.7 Å². The molecule has 0 bridgehead atoms. The first-order chi connectivity index (χ1) is 11.1. The SMILES string of the molecule is CC(C)(C)c1cc2nn(O)nc2c(-c2ccccc2)c1C(C)(C)C. The first-order valence-corrected chi connectivity index (χ1v) is 8.29. The Morgan fingerprint density at radius 3 is 2.04 bits per heavy atom. The van der Waals surface area contributed by atoms with Gasteiger partial charge in [-0.3, -0.25) is 0 Å². The quantitative estimate of drug-likeness (QED) is 0.646. The van der Waals surface area contributed by atoms with Crippen LogP contribution < -0.4 is 0 Å². The van der Waals surface area contributed by atoms with Crippen molar-refractivity contribution in [1.82, 2.24) is 15.2 Å². The topological polar surface area (TPSA) is 50.9 Å². The smallest absolute Gasteiger partial charge is 0.125 e. The van der Waals surface area contributed by atoms with E-state index >= 15 is 0 Å². The average molecular weight is 323 g/mol. The van der Waals surface area contributed by atoms with Crippen LogP contribution in [-0.2, 0) is 10.8 Å². The lowest BCUT2D eigenvalue weighted by Crippen LogP contribution is -2.23. The molecule has 1 heterocycles. The van der Waals surface area contributed by atoms with Crippen LogP contribution in [0.25, 0.3) is 22.2 Å². The van der Waals surface area contributed by atoms with E-state index in [1.807, 2.05) is 18.2 Å². The molecule has 24 heavy (non-hydrogen) atoms. The summed E-state index contributed by atoms with van der Waals surface area (Å²) in [4.78, 5) is 0.677. The molecular weight excluding hydrogens is 298 g/mol. The minimum atomic E-state index is -0.0682. The minimum absolute atomic E-state index is 0.0421. The zero-order valence-corrected chi connectivity index (χ0v) is 15.3. The van der Waals surface area contributed by atoms with Gasteiger partial charge in [0.05, 0.1) is 0 Å². The largest absolute Gasteiger partial charge is 0.396 e. The van der Waals surface area contributed by atoms with Crippen molar-refractivity contribution in [3.05, 3.63) is 47.5 Å². The summed E-state index contributed by atoms with van der Waals surface area (Å²) in [6.07, 6.45) is 0. The third-order valence-corrected chi connectivity index (χ3v) is 4.29. The molecule has 0 unspecified atom stereocenters. The van der Waals surface area contributed by atoms with E-state index in [9.17, 15) is 5.21 Å². The number of benzene rings is 2. The van der Waals surface area contributed by atoms with Gasteiger partial charge in [-0.2, -0.15) is 0 Å². The summed E-state index contributed by atoms with van der Waals surface area (Å²) in [5, 5.41) is 18.2. The van der Waals surface area contributed by atoms with Crippen molar-refractivity contribution in [2.75, 3.05) is 0 Å². The van der Waals surface area contributed by atoms with Crippen molar-refractivity contribution in [2.45, 2.75) is 52.4 Å². The highest BCUT2D eigenvalue weighted by Gasteiger charge is 2.31. The third kappa shape index (κ3) is 2.77. The molecule has 126 valence electrons. The Labute approximate surface area is 143 Å². The Bertz CT molecular complexity index is 881. The molecule has 2 aromatic carbocycles. The van der Waals surface area contributed by atoms with Gasteiger partial charge >= 0.3 is 0 Å². The lowest BCUT2D eigenvalue weighted by atomic mass is 9.72. The Hall–Kier alpha value is -2.36. The molecule has 0 atom stereocenters. The fourth-order valence-corrected chi connectivity index (χ4v) is 3.30. The lowest BCUT2D eigenvalue weighted by Gasteiger charge is -2.32. The predicted molar refractivity (Wildman–Crippen MR) is 97.5 cm³/mol. The highest BCUT2D eigenvalue weighted by Crippen LogP contribution is 2.43. The molecule has 1 aromatic heterocycles. The van der Waals surface area contributed by atoms with Crippen LogP contribution in [0.4, 0.5) is 0 Å². The van der Waals surface area contributed by atoms with E-state index in [1.54, 1.807) is 0 Å². The predicted octanol–water partition coefficient (Wildman–Crippen LogP) is 4.93. The van der Waals surface area contributed by atoms with Gasteiger partial charge in [0.25, 0.3) is 0 Å². The van der Waals surface area contributed by atoms with Crippen LogP contribution in [0, 0.1) is 0 Å². The first-order valence-electron chi connectivity index (χ1n) is 8.29. The van der Waals surface area contributed by atoms with Crippen molar-refractivity contribution in [3.63, 3.8) is 0 Å². The molecule has 4 nitrogen and oxygen atoms in total. The van der Waals surface area contributed by atoms with Gasteiger partial charge < -0.3 is 5.21 Å². The van der Waals surface area contributed by atoms with E-state index in [1.165, 1.54) is 11.1 Å². The normalized spacial score (nSPS) is 12.8. The molecule has 0 amide bonds. The molecule has 0 radical (unpaired) electrons. The fraction of sp³-hybridized carbons (Fsp3) is 0.400. The van der Waals surface area contributed by atoms with Crippen molar-refractivity contribution >= 4 is 11.0 Å². The zero-order chi connectivity index (χ0) is 17.7. The molecule has 3 rings (SSSR count). The van der Waals surface area contributed by atoms with E-state index in [-0.39, 0.29) is 10.8 Å². The lowest BCUT2D eigenvalue weighted by molar-refractivity contribution is 0.113. The van der Waals surface area contributed by atoms with Crippen LogP contribution in [0.3, 0.4) is 0 Å². The molecule has 0 saturated heterocycles. The molecule has 0 spiro atoms. The van der Waals surface area contributed by atoms with Crippen LogP contribution in [0.15, 0.2) is 36.4 Å². The molecular formula is C20H25N3O. The number of rotatable bonds is 1. The van der Waals surface area contributed by atoms with Gasteiger partial charge in [0.1, 0.15) is 11.0 Å². The Balaban J connectivity index is 2.54. The van der Waals surface area contributed by atoms with Crippen LogP contribution >= 0.6 is 0 Å². The van der Waals surface area contributed by atoms with Gasteiger partial charge in [-0.25, -0.2) is 0 Å². The molecule has 0 fully saturated rings. The summed E-state index contributed by atoms with van der Waals surface area (Å²) in [5.41, 5.74) is 6.00. The molecule has 3 aromatic rings. The Morgan fingerprint density at radius 1 is 0.875 bits per heavy atom. The van der Waals surface area contributed by atoms with E-state index in [0.717, 1.165) is 16.6 Å². The van der Waals surface area contributed by atoms with Crippen LogP contribution in [0.5, 0.6) is 0 Å².